The fraction of sp³-hybridized carbons (Fsp3) is 0.500. The number of ether oxygens (including phenoxy) is 1. The molecule has 2 aliphatic heterocycles. The molecule has 0 spiro atoms. The van der Waals surface area contributed by atoms with Gasteiger partial charge in [-0.05, 0) is 5.56 Å². The zero-order chi connectivity index (χ0) is 18.9. The van der Waals surface area contributed by atoms with Crippen molar-refractivity contribution in [1.29, 1.82) is 0 Å². The molecular formula is C20H25N3O3S. The van der Waals surface area contributed by atoms with E-state index in [1.165, 1.54) is 5.56 Å². The molecule has 2 aromatic rings. The number of aromatic nitrogens is 1. The van der Waals surface area contributed by atoms with Gasteiger partial charge in [0.05, 0.1) is 30.6 Å². The average Bonchev–Trinajstić information content (AvgIpc) is 3.29. The summed E-state index contributed by atoms with van der Waals surface area (Å²) in [5, 5.41) is 13.3. The monoisotopic (exact) mass is 387 g/mol. The van der Waals surface area contributed by atoms with Gasteiger partial charge in [0.2, 0.25) is 5.91 Å². The van der Waals surface area contributed by atoms with Gasteiger partial charge >= 0.3 is 0 Å². The van der Waals surface area contributed by atoms with Crippen molar-refractivity contribution in [3.05, 3.63) is 52.5 Å². The molecule has 0 saturated carbocycles. The maximum absolute atomic E-state index is 13.1. The molecule has 0 unspecified atom stereocenters. The summed E-state index contributed by atoms with van der Waals surface area (Å²) in [5.74, 6) is 0.107. The van der Waals surface area contributed by atoms with Gasteiger partial charge in [0.1, 0.15) is 5.60 Å². The highest BCUT2D eigenvalue weighted by molar-refractivity contribution is 7.09. The number of likely N-dealkylation sites (tertiary alicyclic amines) is 2. The first kappa shape index (κ1) is 18.6. The van der Waals surface area contributed by atoms with Gasteiger partial charge in [0.15, 0.2) is 0 Å². The lowest BCUT2D eigenvalue weighted by Gasteiger charge is -2.47. The van der Waals surface area contributed by atoms with Crippen LogP contribution in [-0.2, 0) is 16.1 Å². The molecule has 6 nitrogen and oxygen atoms in total. The van der Waals surface area contributed by atoms with E-state index >= 15 is 0 Å². The first-order valence-electron chi connectivity index (χ1n) is 9.24. The number of rotatable bonds is 6. The molecule has 1 aromatic carbocycles. The standard InChI is InChI=1S/C20H25N3O3S/c1-26-14-20(25)12-23(13-20)19(24)17-11-22(9-15-5-3-2-4-6-15)10-16(17)18-21-7-8-27-18/h2-8,16-17,25H,9-14H2,1H3/t16-,17-/m1/s1. The fourth-order valence-corrected chi connectivity index (χ4v) is 4.99. The summed E-state index contributed by atoms with van der Waals surface area (Å²) in [5.41, 5.74) is 0.352. The topological polar surface area (TPSA) is 65.9 Å². The zero-order valence-corrected chi connectivity index (χ0v) is 16.3. The first-order valence-corrected chi connectivity index (χ1v) is 10.1. The summed E-state index contributed by atoms with van der Waals surface area (Å²) in [4.78, 5) is 21.7. The number of carbonyl (C=O) groups excluding carboxylic acids is 1. The summed E-state index contributed by atoms with van der Waals surface area (Å²) in [7, 11) is 1.57. The highest BCUT2D eigenvalue weighted by Crippen LogP contribution is 2.37. The van der Waals surface area contributed by atoms with E-state index in [4.69, 9.17) is 4.74 Å². The van der Waals surface area contributed by atoms with Crippen molar-refractivity contribution in [3.63, 3.8) is 0 Å². The van der Waals surface area contributed by atoms with Gasteiger partial charge in [0.25, 0.3) is 0 Å². The largest absolute Gasteiger partial charge is 0.384 e. The van der Waals surface area contributed by atoms with Gasteiger partial charge in [-0.1, -0.05) is 30.3 Å². The van der Waals surface area contributed by atoms with Crippen LogP contribution in [0, 0.1) is 5.92 Å². The molecule has 2 aliphatic rings. The molecule has 1 N–H and O–H groups in total. The average molecular weight is 388 g/mol. The number of hydrogen-bond donors (Lipinski definition) is 1. The van der Waals surface area contributed by atoms with E-state index in [9.17, 15) is 9.90 Å². The van der Waals surface area contributed by atoms with Crippen LogP contribution >= 0.6 is 11.3 Å². The number of β-amino-alcohol motifs (C(OH)–C–C–N with tert-alkyl or cyclic N) is 1. The lowest BCUT2D eigenvalue weighted by atomic mass is 9.89. The molecule has 1 amide bonds. The van der Waals surface area contributed by atoms with Gasteiger partial charge in [-0.2, -0.15) is 0 Å². The van der Waals surface area contributed by atoms with E-state index in [0.29, 0.717) is 13.1 Å². The first-order chi connectivity index (χ1) is 13.1. The molecule has 2 saturated heterocycles. The van der Waals surface area contributed by atoms with Crippen LogP contribution in [-0.4, -0.2) is 71.3 Å². The highest BCUT2D eigenvalue weighted by Gasteiger charge is 2.49. The Bertz CT molecular complexity index is 762. The number of amides is 1. The number of methoxy groups -OCH3 is 1. The number of thiazole rings is 1. The predicted molar refractivity (Wildman–Crippen MR) is 103 cm³/mol. The van der Waals surface area contributed by atoms with Crippen molar-refractivity contribution in [2.75, 3.05) is 39.9 Å². The smallest absolute Gasteiger partial charge is 0.227 e. The van der Waals surface area contributed by atoms with E-state index < -0.39 is 5.60 Å². The van der Waals surface area contributed by atoms with Crippen molar-refractivity contribution < 1.29 is 14.6 Å². The fourth-order valence-electron chi connectivity index (χ4n) is 4.19. The molecule has 3 heterocycles. The minimum absolute atomic E-state index is 0.109. The maximum Gasteiger partial charge on any atom is 0.227 e. The van der Waals surface area contributed by atoms with Gasteiger partial charge < -0.3 is 14.7 Å². The molecule has 2 fully saturated rings. The summed E-state index contributed by atoms with van der Waals surface area (Å²) >= 11 is 1.62. The van der Waals surface area contributed by atoms with Crippen LogP contribution in [0.15, 0.2) is 41.9 Å². The third kappa shape index (κ3) is 3.91. The summed E-state index contributed by atoms with van der Waals surface area (Å²) in [6, 6.07) is 10.3. The van der Waals surface area contributed by atoms with Gasteiger partial charge in [0, 0.05) is 44.2 Å². The molecule has 0 bridgehead atoms. The van der Waals surface area contributed by atoms with Crippen molar-refractivity contribution in [2.24, 2.45) is 5.92 Å². The van der Waals surface area contributed by atoms with Gasteiger partial charge in [-0.25, -0.2) is 4.98 Å². The van der Waals surface area contributed by atoms with E-state index in [1.807, 2.05) is 29.8 Å². The van der Waals surface area contributed by atoms with Crippen molar-refractivity contribution in [3.8, 4) is 0 Å². The molecule has 144 valence electrons. The molecule has 0 aliphatic carbocycles. The lowest BCUT2D eigenvalue weighted by molar-refractivity contribution is -0.168. The van der Waals surface area contributed by atoms with E-state index in [1.54, 1.807) is 23.3 Å². The quantitative estimate of drug-likeness (QED) is 0.815. The molecular weight excluding hydrogens is 362 g/mol. The number of benzene rings is 1. The SMILES string of the molecule is COCC1(O)CN(C(=O)[C@@H]2CN(Cc3ccccc3)C[C@H]2c2nccs2)C1. The molecule has 0 radical (unpaired) electrons. The van der Waals surface area contributed by atoms with Crippen molar-refractivity contribution in [2.45, 2.75) is 18.1 Å². The summed E-state index contributed by atoms with van der Waals surface area (Å²) in [6.07, 6.45) is 1.81. The highest BCUT2D eigenvalue weighted by atomic mass is 32.1. The van der Waals surface area contributed by atoms with Crippen LogP contribution in [0.1, 0.15) is 16.5 Å². The Morgan fingerprint density at radius 3 is 2.78 bits per heavy atom. The Morgan fingerprint density at radius 2 is 2.11 bits per heavy atom. The Hall–Kier alpha value is -1.80. The minimum atomic E-state index is -0.899. The summed E-state index contributed by atoms with van der Waals surface area (Å²) < 4.78 is 5.06. The Kier molecular flexibility index (Phi) is 5.27. The molecule has 1 aromatic heterocycles. The summed E-state index contributed by atoms with van der Waals surface area (Å²) in [6.45, 7) is 3.34. The van der Waals surface area contributed by atoms with E-state index in [2.05, 4.69) is 22.0 Å². The number of carbonyl (C=O) groups is 1. The second-order valence-corrected chi connectivity index (χ2v) is 8.54. The predicted octanol–water partition coefficient (Wildman–Crippen LogP) is 1.58. The second-order valence-electron chi connectivity index (χ2n) is 7.61. The second kappa shape index (κ2) is 7.67. The van der Waals surface area contributed by atoms with E-state index in [0.717, 1.165) is 24.6 Å². The van der Waals surface area contributed by atoms with Crippen LogP contribution in [0.2, 0.25) is 0 Å². The lowest BCUT2D eigenvalue weighted by Crippen LogP contribution is -2.66. The number of aliphatic hydroxyl groups is 1. The minimum Gasteiger partial charge on any atom is -0.384 e. The van der Waals surface area contributed by atoms with Crippen LogP contribution in [0.5, 0.6) is 0 Å². The number of nitrogens with zero attached hydrogens (tertiary/aromatic N) is 3. The van der Waals surface area contributed by atoms with Crippen LogP contribution in [0.4, 0.5) is 0 Å². The number of hydrogen-bond acceptors (Lipinski definition) is 6. The van der Waals surface area contributed by atoms with Gasteiger partial charge in [-0.15, -0.1) is 11.3 Å². The van der Waals surface area contributed by atoms with Crippen LogP contribution in [0.25, 0.3) is 0 Å². The molecule has 4 rings (SSSR count). The maximum atomic E-state index is 13.1. The molecule has 7 heteroatoms. The van der Waals surface area contributed by atoms with Crippen LogP contribution in [0.3, 0.4) is 0 Å². The zero-order valence-electron chi connectivity index (χ0n) is 15.5. The third-order valence-corrected chi connectivity index (χ3v) is 6.33. The van der Waals surface area contributed by atoms with Crippen molar-refractivity contribution >= 4 is 17.2 Å². The Morgan fingerprint density at radius 1 is 1.33 bits per heavy atom. The molecule has 2 atom stereocenters. The van der Waals surface area contributed by atoms with Crippen molar-refractivity contribution in [1.82, 2.24) is 14.8 Å². The Labute approximate surface area is 163 Å². The Balaban J connectivity index is 1.46. The van der Waals surface area contributed by atoms with Gasteiger partial charge in [-0.3, -0.25) is 9.69 Å². The van der Waals surface area contributed by atoms with E-state index in [-0.39, 0.29) is 24.3 Å². The van der Waals surface area contributed by atoms with Crippen LogP contribution < -0.4 is 0 Å². The normalized spacial score (nSPS) is 24.7. The molecule has 27 heavy (non-hydrogen) atoms. The third-order valence-electron chi connectivity index (χ3n) is 5.43.